The van der Waals surface area contributed by atoms with E-state index < -0.39 is 60.4 Å². The lowest BCUT2D eigenvalue weighted by Gasteiger charge is -2.20. The molecule has 3 heterocycles. The minimum absolute atomic E-state index is 0.0640. The molecule has 0 aliphatic carbocycles. The second-order valence-corrected chi connectivity index (χ2v) is 18.8. The van der Waals surface area contributed by atoms with Crippen LogP contribution in [0.3, 0.4) is 0 Å². The van der Waals surface area contributed by atoms with Gasteiger partial charge in [0.05, 0.1) is 47.1 Å². The van der Waals surface area contributed by atoms with E-state index in [0.29, 0.717) is 28.2 Å². The van der Waals surface area contributed by atoms with Gasteiger partial charge in [-0.2, -0.15) is 0 Å². The van der Waals surface area contributed by atoms with Crippen molar-refractivity contribution < 1.29 is 23.0 Å². The minimum atomic E-state index is -0.569. The van der Waals surface area contributed by atoms with Crippen LogP contribution in [0.15, 0.2) is 206 Å². The Labute approximate surface area is 406 Å². The lowest BCUT2D eigenvalue weighted by molar-refractivity contribution is -0.571. The van der Waals surface area contributed by atoms with Crippen molar-refractivity contribution in [1.29, 1.82) is 0 Å². The van der Waals surface area contributed by atoms with Crippen LogP contribution in [-0.2, 0) is 10.8 Å². The molecule has 5 nitrogen and oxygen atoms in total. The van der Waals surface area contributed by atoms with E-state index in [1.807, 2.05) is 65.4 Å². The Morgan fingerprint density at radius 2 is 1.18 bits per heavy atom. The molecular weight excluding hydrogens is 817 g/mol. The number of aromatic nitrogens is 4. The molecule has 0 unspecified atom stereocenters. The minimum Gasteiger partial charge on any atom is -0.457 e. The summed E-state index contributed by atoms with van der Waals surface area (Å²) in [5.41, 5.74) is 7.95. The van der Waals surface area contributed by atoms with Crippen molar-refractivity contribution in [2.24, 2.45) is 0 Å². The van der Waals surface area contributed by atoms with Gasteiger partial charge in [0.25, 0.3) is 6.33 Å². The molecule has 0 atom stereocenters. The number of ether oxygens (including phenoxy) is 1. The van der Waals surface area contributed by atoms with Gasteiger partial charge in [0.1, 0.15) is 17.3 Å². The summed E-state index contributed by atoms with van der Waals surface area (Å²) < 4.78 is 100. The molecule has 0 fully saturated rings. The van der Waals surface area contributed by atoms with Gasteiger partial charge in [-0.05, 0) is 92.2 Å². The van der Waals surface area contributed by atoms with Crippen molar-refractivity contribution in [3.05, 3.63) is 224 Å². The number of imidazole rings is 1. The average molecular weight is 879 g/mol. The maximum absolute atomic E-state index is 9.09. The lowest BCUT2D eigenvalue weighted by atomic mass is 9.86. The zero-order valence-electron chi connectivity index (χ0n) is 48.1. The van der Waals surface area contributed by atoms with E-state index in [1.165, 1.54) is 5.56 Å². The Morgan fingerprint density at radius 3 is 1.87 bits per heavy atom. The summed E-state index contributed by atoms with van der Waals surface area (Å²) >= 11 is 0. The first-order valence-corrected chi connectivity index (χ1v) is 22.3. The molecule has 0 bridgehead atoms. The van der Waals surface area contributed by atoms with Crippen molar-refractivity contribution >= 4 is 32.8 Å². The molecular formula is C62H52N4O. The Balaban J connectivity index is 1.13. The van der Waals surface area contributed by atoms with Gasteiger partial charge < -0.3 is 4.74 Å². The van der Waals surface area contributed by atoms with E-state index in [0.717, 1.165) is 44.3 Å². The highest BCUT2D eigenvalue weighted by Gasteiger charge is 2.23. The molecule has 8 aromatic carbocycles. The summed E-state index contributed by atoms with van der Waals surface area (Å²) in [5, 5.41) is 2.10. The largest absolute Gasteiger partial charge is 0.457 e. The monoisotopic (exact) mass is 878 g/mol. The quantitative estimate of drug-likeness (QED) is 0.113. The highest BCUT2D eigenvalue weighted by Crippen LogP contribution is 2.43. The van der Waals surface area contributed by atoms with Crippen LogP contribution in [0.5, 0.6) is 11.5 Å². The van der Waals surface area contributed by atoms with Gasteiger partial charge in [-0.25, -0.2) is 4.98 Å². The van der Waals surface area contributed by atoms with Gasteiger partial charge in [0, 0.05) is 28.6 Å². The molecule has 0 aliphatic heterocycles. The molecule has 0 N–H and O–H groups in total. The highest BCUT2D eigenvalue weighted by molar-refractivity contribution is 6.11. The number of nitrogens with zero attached hydrogens (tertiary/aromatic N) is 4. The van der Waals surface area contributed by atoms with Crippen LogP contribution in [0.1, 0.15) is 66.4 Å². The SMILES string of the molecule is [2H]c1c([2H])c([2H])c(-c2cccc(-c3c([2H])c([2H])c([2H])c([2H])c3[2H])c2-[n+]2[c-]n(-c3cccc(Oc4cc5c(cc4-c4ccc(C(C)(C)C)cc4)c4ccccc4n5-c4cc(C(C)(C)C)ccn4)c3)c3ccccc32)c([2H])c1[2H]. The molecule has 0 amide bonds. The maximum Gasteiger partial charge on any atom is 0.269 e. The molecule has 0 saturated carbocycles. The molecule has 0 aliphatic rings. The van der Waals surface area contributed by atoms with Gasteiger partial charge in [-0.15, -0.1) is 0 Å². The third-order valence-corrected chi connectivity index (χ3v) is 12.3. The van der Waals surface area contributed by atoms with Crippen molar-refractivity contribution in [2.45, 2.75) is 52.4 Å². The van der Waals surface area contributed by atoms with Crippen LogP contribution < -0.4 is 9.30 Å². The summed E-state index contributed by atoms with van der Waals surface area (Å²) in [6.07, 6.45) is 5.35. The first kappa shape index (κ1) is 31.8. The number of rotatable bonds is 8. The fourth-order valence-electron chi connectivity index (χ4n) is 8.90. The second-order valence-electron chi connectivity index (χ2n) is 18.8. The molecule has 11 aromatic rings. The maximum atomic E-state index is 9.09. The molecule has 326 valence electrons. The standard InChI is InChI=1S/C62H52N4O/c1-61(2,3)45-33-31-44(32-34-45)52-39-53-51-25-13-14-28-54(51)66(59-37-46(35-36-63-59)62(4,5)6)57(53)40-58(52)67-48-24-17-23-47(38-48)64-41-65(56-30-16-15-29-55(56)64)60-49(42-19-9-7-10-20-42)26-18-27-50(60)43-21-11-8-12-22-43/h7-40H,1-6H3/i7D,8D,9D,10D,11D,12D,19D,20D,21D,22D. The zero-order chi connectivity index (χ0) is 54.6. The normalized spacial score (nSPS) is 14.1. The molecule has 0 spiro atoms. The van der Waals surface area contributed by atoms with Crippen LogP contribution >= 0.6 is 0 Å². The van der Waals surface area contributed by atoms with Crippen molar-refractivity contribution in [1.82, 2.24) is 14.1 Å². The number of pyridine rings is 1. The van der Waals surface area contributed by atoms with Gasteiger partial charge in [-0.3, -0.25) is 13.7 Å². The van der Waals surface area contributed by atoms with E-state index in [1.54, 1.807) is 22.8 Å². The van der Waals surface area contributed by atoms with E-state index in [-0.39, 0.29) is 38.8 Å². The predicted octanol–water partition coefficient (Wildman–Crippen LogP) is 15.6. The zero-order valence-corrected chi connectivity index (χ0v) is 38.1. The number of hydrogen-bond donors (Lipinski definition) is 0. The Morgan fingerprint density at radius 1 is 0.537 bits per heavy atom. The van der Waals surface area contributed by atoms with E-state index in [2.05, 4.69) is 119 Å². The van der Waals surface area contributed by atoms with E-state index in [9.17, 15) is 0 Å². The molecule has 0 radical (unpaired) electrons. The molecule has 67 heavy (non-hydrogen) atoms. The Kier molecular flexibility index (Phi) is 7.80. The van der Waals surface area contributed by atoms with Crippen molar-refractivity contribution in [3.8, 4) is 62.1 Å². The van der Waals surface area contributed by atoms with Crippen LogP contribution in [0.25, 0.3) is 83.4 Å². The molecule has 11 rings (SSSR count). The van der Waals surface area contributed by atoms with E-state index in [4.69, 9.17) is 23.4 Å². The topological polar surface area (TPSA) is 35.9 Å². The number of para-hydroxylation sites is 4. The highest BCUT2D eigenvalue weighted by atomic mass is 16.5. The fourth-order valence-corrected chi connectivity index (χ4v) is 8.90. The summed E-state index contributed by atoms with van der Waals surface area (Å²) in [6, 6.07) is 40.0. The van der Waals surface area contributed by atoms with Crippen molar-refractivity contribution in [3.63, 3.8) is 0 Å². The van der Waals surface area contributed by atoms with Crippen molar-refractivity contribution in [2.75, 3.05) is 0 Å². The second kappa shape index (κ2) is 16.4. The summed E-state index contributed by atoms with van der Waals surface area (Å²) in [7, 11) is 0. The van der Waals surface area contributed by atoms with Crippen LogP contribution in [0, 0.1) is 6.33 Å². The van der Waals surface area contributed by atoms with Gasteiger partial charge in [0.2, 0.25) is 0 Å². The third kappa shape index (κ3) is 7.66. The first-order chi connectivity index (χ1) is 36.6. The molecule has 3 aromatic heterocycles. The fraction of sp³-hybridized carbons (Fsp3) is 0.129. The third-order valence-electron chi connectivity index (χ3n) is 12.3. The van der Waals surface area contributed by atoms with Gasteiger partial charge in [0.15, 0.2) is 0 Å². The summed E-state index contributed by atoms with van der Waals surface area (Å²) in [6.45, 7) is 13.1. The number of hydrogen-bond acceptors (Lipinski definition) is 2. The van der Waals surface area contributed by atoms with Gasteiger partial charge >= 0.3 is 0 Å². The van der Waals surface area contributed by atoms with Gasteiger partial charge in [-0.1, -0.05) is 193 Å². The van der Waals surface area contributed by atoms with Crippen LogP contribution in [0.2, 0.25) is 0 Å². The Bertz CT molecular complexity index is 4080. The summed E-state index contributed by atoms with van der Waals surface area (Å²) in [5.74, 6) is 1.88. The summed E-state index contributed by atoms with van der Waals surface area (Å²) in [4.78, 5) is 4.93. The van der Waals surface area contributed by atoms with Crippen LogP contribution in [0.4, 0.5) is 0 Å². The van der Waals surface area contributed by atoms with Crippen LogP contribution in [-0.4, -0.2) is 14.1 Å². The first-order valence-electron chi connectivity index (χ1n) is 27.3. The molecule has 0 saturated heterocycles. The smallest absolute Gasteiger partial charge is 0.269 e. The number of benzene rings is 8. The molecule has 5 heteroatoms. The Hall–Kier alpha value is -8.02. The lowest BCUT2D eigenvalue weighted by Crippen LogP contribution is -2.31. The van der Waals surface area contributed by atoms with E-state index >= 15 is 0 Å². The number of fused-ring (bicyclic) bond motifs is 4. The predicted molar refractivity (Wildman–Crippen MR) is 276 cm³/mol. The average Bonchev–Trinajstić information content (AvgIpc) is 4.03.